The van der Waals surface area contributed by atoms with Gasteiger partial charge in [0.25, 0.3) is 5.91 Å². The average molecular weight is 460 g/mol. The number of amides is 1. The molecular formula is C25H18ClN3O2S. The molecule has 5 rings (SSSR count). The van der Waals surface area contributed by atoms with Gasteiger partial charge < -0.3 is 9.88 Å². The van der Waals surface area contributed by atoms with E-state index < -0.39 is 5.91 Å². The summed E-state index contributed by atoms with van der Waals surface area (Å²) in [7, 11) is 1.76. The maximum Gasteiger partial charge on any atom is 0.261 e. The highest BCUT2D eigenvalue weighted by atomic mass is 35.5. The molecule has 5 nitrogen and oxygen atoms in total. The van der Waals surface area contributed by atoms with E-state index in [9.17, 15) is 9.59 Å². The van der Waals surface area contributed by atoms with Gasteiger partial charge in [-0.05, 0) is 61.0 Å². The number of benzene rings is 3. The number of carbonyl (C=O) groups excluding carboxylic acids is 1. The smallest absolute Gasteiger partial charge is 0.261 e. The molecule has 0 aliphatic rings. The summed E-state index contributed by atoms with van der Waals surface area (Å²) in [5.41, 5.74) is 4.06. The van der Waals surface area contributed by atoms with Crippen molar-refractivity contribution in [3.63, 3.8) is 0 Å². The molecule has 0 aliphatic heterocycles. The van der Waals surface area contributed by atoms with Crippen molar-refractivity contribution in [3.8, 4) is 10.6 Å². The van der Waals surface area contributed by atoms with Gasteiger partial charge in [0.1, 0.15) is 10.6 Å². The zero-order valence-corrected chi connectivity index (χ0v) is 18.9. The number of aromatic nitrogens is 2. The molecular weight excluding hydrogens is 442 g/mol. The Kier molecular flexibility index (Phi) is 5.04. The number of aryl methyl sites for hydroxylation is 2. The molecule has 2 heterocycles. The van der Waals surface area contributed by atoms with Gasteiger partial charge >= 0.3 is 0 Å². The van der Waals surface area contributed by atoms with Crippen LogP contribution in [0.2, 0.25) is 5.02 Å². The summed E-state index contributed by atoms with van der Waals surface area (Å²) in [5.74, 6) is -0.462. The molecule has 0 saturated carbocycles. The molecule has 0 atom stereocenters. The highest BCUT2D eigenvalue weighted by Gasteiger charge is 2.16. The molecule has 1 amide bonds. The van der Waals surface area contributed by atoms with Gasteiger partial charge in [0.2, 0.25) is 5.43 Å². The third-order valence-electron chi connectivity index (χ3n) is 5.33. The van der Waals surface area contributed by atoms with E-state index in [1.807, 2.05) is 30.3 Å². The molecule has 0 spiro atoms. The van der Waals surface area contributed by atoms with Crippen molar-refractivity contribution < 1.29 is 4.79 Å². The Balaban J connectivity index is 1.42. The van der Waals surface area contributed by atoms with Crippen LogP contribution in [0.25, 0.3) is 31.7 Å². The van der Waals surface area contributed by atoms with Gasteiger partial charge in [-0.1, -0.05) is 23.7 Å². The molecule has 0 bridgehead atoms. The Labute approximate surface area is 192 Å². The van der Waals surface area contributed by atoms with Crippen LogP contribution in [0, 0.1) is 6.92 Å². The van der Waals surface area contributed by atoms with Gasteiger partial charge in [-0.3, -0.25) is 9.59 Å². The van der Waals surface area contributed by atoms with Gasteiger partial charge in [-0.2, -0.15) is 0 Å². The first-order chi connectivity index (χ1) is 15.4. The van der Waals surface area contributed by atoms with E-state index in [4.69, 9.17) is 16.6 Å². The van der Waals surface area contributed by atoms with Crippen molar-refractivity contribution >= 4 is 55.7 Å². The summed E-state index contributed by atoms with van der Waals surface area (Å²) in [6.07, 6.45) is 1.52. The van der Waals surface area contributed by atoms with Crippen molar-refractivity contribution in [2.24, 2.45) is 7.05 Å². The first-order valence-electron chi connectivity index (χ1n) is 9.97. The monoisotopic (exact) mass is 459 g/mol. The molecule has 0 aliphatic carbocycles. The lowest BCUT2D eigenvalue weighted by atomic mass is 10.1. The maximum atomic E-state index is 12.9. The molecule has 3 aromatic carbocycles. The molecule has 1 N–H and O–H groups in total. The SMILES string of the molecule is Cc1ccc2nc(-c3ccc(NC(=O)c4cn(C)c5c(Cl)cccc5c4=O)cc3)sc2c1. The number of halogens is 1. The number of hydrogen-bond acceptors (Lipinski definition) is 4. The first kappa shape index (κ1) is 20.4. The van der Waals surface area contributed by atoms with Gasteiger partial charge in [-0.15, -0.1) is 11.3 Å². The van der Waals surface area contributed by atoms with Crippen molar-refractivity contribution in [1.29, 1.82) is 0 Å². The second kappa shape index (κ2) is 7.89. The Morgan fingerprint density at radius 1 is 1.09 bits per heavy atom. The molecule has 0 saturated heterocycles. The third-order valence-corrected chi connectivity index (χ3v) is 6.70. The number of nitrogens with one attached hydrogen (secondary N) is 1. The minimum absolute atomic E-state index is 0.0629. The first-order valence-corrected chi connectivity index (χ1v) is 11.2. The number of para-hydroxylation sites is 1. The molecule has 5 aromatic rings. The summed E-state index contributed by atoms with van der Waals surface area (Å²) in [4.78, 5) is 30.4. The number of hydrogen-bond donors (Lipinski definition) is 1. The normalized spacial score (nSPS) is 11.2. The van der Waals surface area contributed by atoms with Gasteiger partial charge in [0.05, 0.1) is 20.8 Å². The van der Waals surface area contributed by atoms with Crippen LogP contribution in [0.15, 0.2) is 71.7 Å². The minimum atomic E-state index is -0.462. The molecule has 0 radical (unpaired) electrons. The lowest BCUT2D eigenvalue weighted by molar-refractivity contribution is 0.102. The fraction of sp³-hybridized carbons (Fsp3) is 0.0800. The summed E-state index contributed by atoms with van der Waals surface area (Å²) in [6.45, 7) is 2.06. The van der Waals surface area contributed by atoms with Crippen molar-refractivity contribution in [2.75, 3.05) is 5.32 Å². The predicted molar refractivity (Wildman–Crippen MR) is 132 cm³/mol. The standard InChI is InChI=1S/C25H18ClN3O2S/c1-14-6-11-20-21(12-14)32-25(28-20)15-7-9-16(10-8-15)27-24(31)18-13-29(2)22-17(23(18)30)4-3-5-19(22)26/h3-13H,1-2H3,(H,27,31). The third kappa shape index (κ3) is 3.57. The fourth-order valence-electron chi connectivity index (χ4n) is 3.73. The van der Waals surface area contributed by atoms with E-state index in [2.05, 4.69) is 24.4 Å². The van der Waals surface area contributed by atoms with Crippen molar-refractivity contribution in [3.05, 3.63) is 93.2 Å². The Bertz CT molecular complexity index is 1570. The predicted octanol–water partition coefficient (Wildman–Crippen LogP) is 6.03. The summed E-state index contributed by atoms with van der Waals surface area (Å²) in [5, 5.41) is 4.61. The van der Waals surface area contributed by atoms with Gasteiger partial charge in [0.15, 0.2) is 0 Å². The van der Waals surface area contributed by atoms with Crippen molar-refractivity contribution in [2.45, 2.75) is 6.92 Å². The molecule has 2 aromatic heterocycles. The van der Waals surface area contributed by atoms with E-state index in [1.165, 1.54) is 11.8 Å². The quantitative estimate of drug-likeness (QED) is 0.358. The van der Waals surface area contributed by atoms with E-state index in [0.29, 0.717) is 21.6 Å². The second-order valence-electron chi connectivity index (χ2n) is 7.64. The van der Waals surface area contributed by atoms with Crippen LogP contribution in [0.5, 0.6) is 0 Å². The lowest BCUT2D eigenvalue weighted by Gasteiger charge is -2.11. The van der Waals surface area contributed by atoms with Crippen LogP contribution in [0.3, 0.4) is 0 Å². The van der Waals surface area contributed by atoms with Crippen LogP contribution >= 0.6 is 22.9 Å². The molecule has 7 heteroatoms. The topological polar surface area (TPSA) is 64.0 Å². The largest absolute Gasteiger partial charge is 0.348 e. The number of carbonyl (C=O) groups is 1. The summed E-state index contributed by atoms with van der Waals surface area (Å²) < 4.78 is 2.84. The molecule has 158 valence electrons. The van der Waals surface area contributed by atoms with Crippen molar-refractivity contribution in [1.82, 2.24) is 9.55 Å². The van der Waals surface area contributed by atoms with Crippen LogP contribution < -0.4 is 10.7 Å². The number of fused-ring (bicyclic) bond motifs is 2. The van der Waals surface area contributed by atoms with Gasteiger partial charge in [0, 0.05) is 29.9 Å². The number of rotatable bonds is 3. The average Bonchev–Trinajstić information content (AvgIpc) is 3.19. The minimum Gasteiger partial charge on any atom is -0.348 e. The zero-order chi connectivity index (χ0) is 22.4. The highest BCUT2D eigenvalue weighted by Crippen LogP contribution is 2.31. The van der Waals surface area contributed by atoms with Crippen LogP contribution in [-0.4, -0.2) is 15.5 Å². The van der Waals surface area contributed by atoms with E-state index in [1.54, 1.807) is 41.2 Å². The second-order valence-corrected chi connectivity index (χ2v) is 9.08. The van der Waals surface area contributed by atoms with E-state index >= 15 is 0 Å². The molecule has 32 heavy (non-hydrogen) atoms. The van der Waals surface area contributed by atoms with E-state index in [-0.39, 0.29) is 11.0 Å². The Morgan fingerprint density at radius 2 is 1.88 bits per heavy atom. The maximum absolute atomic E-state index is 12.9. The lowest BCUT2D eigenvalue weighted by Crippen LogP contribution is -2.23. The zero-order valence-electron chi connectivity index (χ0n) is 17.3. The van der Waals surface area contributed by atoms with Crippen LogP contribution in [0.1, 0.15) is 15.9 Å². The number of thiazole rings is 1. The van der Waals surface area contributed by atoms with E-state index in [0.717, 1.165) is 20.8 Å². The van der Waals surface area contributed by atoms with Crippen LogP contribution in [0.4, 0.5) is 5.69 Å². The number of pyridine rings is 1. The number of anilines is 1. The summed E-state index contributed by atoms with van der Waals surface area (Å²) >= 11 is 7.86. The fourth-order valence-corrected chi connectivity index (χ4v) is 5.11. The molecule has 0 unspecified atom stereocenters. The Hall–Kier alpha value is -3.48. The summed E-state index contributed by atoms with van der Waals surface area (Å²) in [6, 6.07) is 18.8. The number of nitrogens with zero attached hydrogens (tertiary/aromatic N) is 2. The highest BCUT2D eigenvalue weighted by molar-refractivity contribution is 7.21. The van der Waals surface area contributed by atoms with Gasteiger partial charge in [-0.25, -0.2) is 4.98 Å². The Morgan fingerprint density at radius 3 is 2.66 bits per heavy atom. The molecule has 0 fully saturated rings. The van der Waals surface area contributed by atoms with Crippen LogP contribution in [-0.2, 0) is 7.05 Å².